The molecule has 4 fully saturated rings. The van der Waals surface area contributed by atoms with Crippen LogP contribution in [0.15, 0.2) is 0 Å². The zero-order valence-electron chi connectivity index (χ0n) is 15.0. The van der Waals surface area contributed by atoms with Crippen molar-refractivity contribution in [3.63, 3.8) is 0 Å². The van der Waals surface area contributed by atoms with E-state index in [-0.39, 0.29) is 23.7 Å². The van der Waals surface area contributed by atoms with Crippen LogP contribution in [0.25, 0.3) is 0 Å². The van der Waals surface area contributed by atoms with Gasteiger partial charge < -0.3 is 5.11 Å². The third-order valence-electron chi connectivity index (χ3n) is 9.13. The quantitative estimate of drug-likeness (QED) is 0.808. The van der Waals surface area contributed by atoms with Crippen molar-refractivity contribution in [3.05, 3.63) is 0 Å². The molecule has 4 aliphatic rings. The van der Waals surface area contributed by atoms with E-state index in [2.05, 4.69) is 13.8 Å². The van der Waals surface area contributed by atoms with Crippen molar-refractivity contribution in [1.82, 2.24) is 0 Å². The van der Waals surface area contributed by atoms with E-state index in [1.165, 1.54) is 57.8 Å². The molecule has 4 aliphatic carbocycles. The SMILES string of the molecule is CC12CCCCC1CCC1C2CCC2(C)C1CC[C@@H]2C(=O)CO. The molecule has 4 rings (SSSR count). The molecule has 0 aliphatic heterocycles. The van der Waals surface area contributed by atoms with Gasteiger partial charge in [0, 0.05) is 5.92 Å². The van der Waals surface area contributed by atoms with Crippen LogP contribution in [0.5, 0.6) is 0 Å². The van der Waals surface area contributed by atoms with E-state index >= 15 is 0 Å². The summed E-state index contributed by atoms with van der Waals surface area (Å²) in [6, 6.07) is 0. The fourth-order valence-corrected chi connectivity index (χ4v) is 7.93. The molecule has 0 amide bonds. The number of fused-ring (bicyclic) bond motifs is 5. The summed E-state index contributed by atoms with van der Waals surface area (Å²) < 4.78 is 0. The van der Waals surface area contributed by atoms with E-state index in [4.69, 9.17) is 0 Å². The summed E-state index contributed by atoms with van der Waals surface area (Å²) in [5.41, 5.74) is 0.764. The van der Waals surface area contributed by atoms with Crippen LogP contribution in [-0.4, -0.2) is 17.5 Å². The van der Waals surface area contributed by atoms with Crippen molar-refractivity contribution in [3.8, 4) is 0 Å². The maximum Gasteiger partial charge on any atom is 0.161 e. The number of carbonyl (C=O) groups excluding carboxylic acids is 1. The van der Waals surface area contributed by atoms with Gasteiger partial charge >= 0.3 is 0 Å². The minimum Gasteiger partial charge on any atom is -0.389 e. The summed E-state index contributed by atoms with van der Waals surface area (Å²) in [5, 5.41) is 9.38. The van der Waals surface area contributed by atoms with Crippen LogP contribution in [0.2, 0.25) is 0 Å². The summed E-state index contributed by atoms with van der Waals surface area (Å²) in [6.07, 6.45) is 13.5. The zero-order chi connectivity index (χ0) is 16.2. The van der Waals surface area contributed by atoms with Gasteiger partial charge in [-0.05, 0) is 85.9 Å². The first-order chi connectivity index (χ1) is 11.0. The fraction of sp³-hybridized carbons (Fsp3) is 0.952. The van der Waals surface area contributed by atoms with Crippen LogP contribution >= 0.6 is 0 Å². The summed E-state index contributed by atoms with van der Waals surface area (Å²) in [4.78, 5) is 12.3. The second kappa shape index (κ2) is 5.58. The monoisotopic (exact) mass is 318 g/mol. The van der Waals surface area contributed by atoms with Gasteiger partial charge in [-0.2, -0.15) is 0 Å². The first-order valence-electron chi connectivity index (χ1n) is 10.1. The molecule has 1 N–H and O–H groups in total. The highest BCUT2D eigenvalue weighted by atomic mass is 16.3. The second-order valence-corrected chi connectivity index (χ2v) is 9.70. The Labute approximate surface area is 141 Å². The minimum atomic E-state index is -0.249. The Bertz CT molecular complexity index is 486. The molecule has 0 radical (unpaired) electrons. The molecule has 2 nitrogen and oxygen atoms in total. The largest absolute Gasteiger partial charge is 0.389 e. The molecule has 2 heteroatoms. The van der Waals surface area contributed by atoms with Crippen molar-refractivity contribution >= 4 is 5.78 Å². The molecule has 4 saturated carbocycles. The van der Waals surface area contributed by atoms with Gasteiger partial charge in [-0.25, -0.2) is 0 Å². The molecule has 23 heavy (non-hydrogen) atoms. The first kappa shape index (κ1) is 16.1. The van der Waals surface area contributed by atoms with E-state index in [1.54, 1.807) is 0 Å². The lowest BCUT2D eigenvalue weighted by Gasteiger charge is -2.60. The van der Waals surface area contributed by atoms with Crippen molar-refractivity contribution in [2.75, 3.05) is 6.61 Å². The van der Waals surface area contributed by atoms with Gasteiger partial charge in [0.05, 0.1) is 0 Å². The number of hydrogen-bond donors (Lipinski definition) is 1. The standard InChI is InChI=1S/C21H34O2/c1-20-11-4-3-5-14(20)6-7-15-16-8-9-18(19(23)13-22)21(16,2)12-10-17(15)20/h14-18,22H,3-13H2,1-2H3/t14?,15?,16?,17?,18-,20?,21?/m1/s1. The highest BCUT2D eigenvalue weighted by Crippen LogP contribution is 2.67. The third kappa shape index (κ3) is 2.19. The number of aliphatic hydroxyl groups is 1. The van der Waals surface area contributed by atoms with E-state index in [9.17, 15) is 9.90 Å². The van der Waals surface area contributed by atoms with Crippen LogP contribution in [-0.2, 0) is 4.79 Å². The van der Waals surface area contributed by atoms with E-state index in [1.807, 2.05) is 0 Å². The fourth-order valence-electron chi connectivity index (χ4n) is 7.93. The Hall–Kier alpha value is -0.370. The number of ketones is 1. The smallest absolute Gasteiger partial charge is 0.161 e. The molecule has 7 atom stereocenters. The molecule has 0 saturated heterocycles. The lowest BCUT2D eigenvalue weighted by molar-refractivity contribution is -0.137. The highest BCUT2D eigenvalue weighted by Gasteiger charge is 2.60. The molecule has 130 valence electrons. The van der Waals surface area contributed by atoms with Gasteiger partial charge in [-0.1, -0.05) is 26.7 Å². The predicted octanol–water partition coefficient (Wildman–Crippen LogP) is 4.60. The molecule has 0 aromatic heterocycles. The van der Waals surface area contributed by atoms with Gasteiger partial charge in [0.25, 0.3) is 0 Å². The van der Waals surface area contributed by atoms with Crippen LogP contribution < -0.4 is 0 Å². The van der Waals surface area contributed by atoms with E-state index in [0.29, 0.717) is 5.41 Å². The Morgan fingerprint density at radius 1 is 0.913 bits per heavy atom. The van der Waals surface area contributed by atoms with Crippen LogP contribution in [0.1, 0.15) is 78.1 Å². The molecule has 6 unspecified atom stereocenters. The molecular formula is C21H34O2. The summed E-state index contributed by atoms with van der Waals surface area (Å²) in [5.74, 6) is 3.72. The maximum absolute atomic E-state index is 12.3. The lowest BCUT2D eigenvalue weighted by Crippen LogP contribution is -2.53. The topological polar surface area (TPSA) is 37.3 Å². The van der Waals surface area contributed by atoms with Crippen LogP contribution in [0, 0.1) is 40.4 Å². The Kier molecular flexibility index (Phi) is 3.91. The van der Waals surface area contributed by atoms with Crippen LogP contribution in [0.3, 0.4) is 0 Å². The number of carbonyl (C=O) groups is 1. The average molecular weight is 319 g/mol. The third-order valence-corrected chi connectivity index (χ3v) is 9.13. The summed E-state index contributed by atoms with van der Waals surface area (Å²) in [6.45, 7) is 4.75. The highest BCUT2D eigenvalue weighted by molar-refractivity contribution is 5.83. The normalized spacial score (nSPS) is 52.4. The van der Waals surface area contributed by atoms with Crippen molar-refractivity contribution in [2.45, 2.75) is 78.1 Å². The van der Waals surface area contributed by atoms with Crippen molar-refractivity contribution in [1.29, 1.82) is 0 Å². The predicted molar refractivity (Wildman–Crippen MR) is 91.9 cm³/mol. The Morgan fingerprint density at radius 2 is 1.70 bits per heavy atom. The molecular weight excluding hydrogens is 284 g/mol. The average Bonchev–Trinajstić information content (AvgIpc) is 2.91. The number of hydrogen-bond acceptors (Lipinski definition) is 2. The molecule has 0 bridgehead atoms. The zero-order valence-corrected chi connectivity index (χ0v) is 15.0. The number of rotatable bonds is 2. The molecule has 0 heterocycles. The van der Waals surface area contributed by atoms with E-state index in [0.717, 1.165) is 30.1 Å². The minimum absolute atomic E-state index is 0.117. The van der Waals surface area contributed by atoms with Gasteiger partial charge in [0.2, 0.25) is 0 Å². The molecule has 0 spiro atoms. The maximum atomic E-state index is 12.3. The molecule has 0 aromatic carbocycles. The number of Topliss-reactive ketones (excluding diaryl/α,β-unsaturated/α-hetero) is 1. The van der Waals surface area contributed by atoms with Crippen LogP contribution in [0.4, 0.5) is 0 Å². The summed E-state index contributed by atoms with van der Waals surface area (Å²) >= 11 is 0. The van der Waals surface area contributed by atoms with Gasteiger partial charge in [0.1, 0.15) is 6.61 Å². The van der Waals surface area contributed by atoms with E-state index < -0.39 is 0 Å². The van der Waals surface area contributed by atoms with Crippen molar-refractivity contribution < 1.29 is 9.90 Å². The van der Waals surface area contributed by atoms with Gasteiger partial charge in [-0.3, -0.25) is 4.79 Å². The second-order valence-electron chi connectivity index (χ2n) is 9.70. The Morgan fingerprint density at radius 3 is 2.48 bits per heavy atom. The number of aliphatic hydroxyl groups excluding tert-OH is 1. The Balaban J connectivity index is 1.61. The lowest BCUT2D eigenvalue weighted by atomic mass is 9.45. The summed E-state index contributed by atoms with van der Waals surface area (Å²) in [7, 11) is 0. The van der Waals surface area contributed by atoms with Gasteiger partial charge in [-0.15, -0.1) is 0 Å². The first-order valence-corrected chi connectivity index (χ1v) is 10.1. The molecule has 0 aromatic rings. The van der Waals surface area contributed by atoms with Gasteiger partial charge in [0.15, 0.2) is 5.78 Å². The van der Waals surface area contributed by atoms with Crippen molar-refractivity contribution in [2.24, 2.45) is 40.4 Å².